The minimum Gasteiger partial charge on any atom is -0.379 e. The van der Waals surface area contributed by atoms with Gasteiger partial charge in [0.15, 0.2) is 0 Å². The molecule has 16 heavy (non-hydrogen) atoms. The molecule has 0 radical (unpaired) electrons. The van der Waals surface area contributed by atoms with Gasteiger partial charge in [-0.2, -0.15) is 0 Å². The van der Waals surface area contributed by atoms with Gasteiger partial charge in [0.2, 0.25) is 5.79 Å². The maximum absolute atomic E-state index is 5.85. The molecule has 1 aromatic carbocycles. The molecule has 1 heterocycles. The van der Waals surface area contributed by atoms with Crippen molar-refractivity contribution in [2.75, 3.05) is 26.2 Å². The van der Waals surface area contributed by atoms with Gasteiger partial charge in [-0.05, 0) is 0 Å². The lowest BCUT2D eigenvalue weighted by molar-refractivity contribution is -0.204. The van der Waals surface area contributed by atoms with E-state index in [2.05, 4.69) is 0 Å². The van der Waals surface area contributed by atoms with E-state index in [-0.39, 0.29) is 6.10 Å². The fraction of sp³-hybridized carbons (Fsp3) is 0.500. The van der Waals surface area contributed by atoms with Gasteiger partial charge in [-0.15, -0.1) is 11.6 Å². The highest BCUT2D eigenvalue weighted by atomic mass is 35.5. The molecular weight excluding hydrogens is 228 g/mol. The largest absolute Gasteiger partial charge is 0.379 e. The van der Waals surface area contributed by atoms with Crippen molar-refractivity contribution in [2.24, 2.45) is 0 Å². The number of ether oxygens (including phenoxy) is 3. The Morgan fingerprint density at radius 2 is 2.19 bits per heavy atom. The van der Waals surface area contributed by atoms with E-state index in [0.717, 1.165) is 5.56 Å². The summed E-state index contributed by atoms with van der Waals surface area (Å²) in [6.45, 7) is 0.867. The molecule has 2 atom stereocenters. The Bertz CT molecular complexity index is 330. The first kappa shape index (κ1) is 11.9. The quantitative estimate of drug-likeness (QED) is 0.758. The standard InChI is InChI=1S/C12H15ClO3/c1-14-9-12(10-5-3-2-4-6-10)15-8-11(7-13)16-12/h2-6,11H,7-9H2,1H3. The number of methoxy groups -OCH3 is 1. The molecule has 0 N–H and O–H groups in total. The maximum Gasteiger partial charge on any atom is 0.219 e. The second-order valence-corrected chi connectivity index (χ2v) is 4.07. The van der Waals surface area contributed by atoms with Crippen LogP contribution >= 0.6 is 11.6 Å². The van der Waals surface area contributed by atoms with Crippen LogP contribution in [0.1, 0.15) is 5.56 Å². The SMILES string of the molecule is COCC1(c2ccccc2)OCC(CCl)O1. The molecule has 0 aromatic heterocycles. The van der Waals surface area contributed by atoms with Gasteiger partial charge in [0.1, 0.15) is 6.61 Å². The number of alkyl halides is 1. The van der Waals surface area contributed by atoms with Crippen LogP contribution in [-0.4, -0.2) is 32.3 Å². The second-order valence-electron chi connectivity index (χ2n) is 3.76. The topological polar surface area (TPSA) is 27.7 Å². The molecule has 0 amide bonds. The van der Waals surface area contributed by atoms with Crippen LogP contribution in [0.5, 0.6) is 0 Å². The molecule has 2 rings (SSSR count). The molecule has 88 valence electrons. The molecular formula is C12H15ClO3. The molecule has 1 aliphatic heterocycles. The predicted octanol–water partition coefficient (Wildman–Crippen LogP) is 2.14. The molecule has 1 aliphatic rings. The fourth-order valence-electron chi connectivity index (χ4n) is 1.83. The van der Waals surface area contributed by atoms with Crippen LogP contribution in [0.15, 0.2) is 30.3 Å². The van der Waals surface area contributed by atoms with Gasteiger partial charge in [0.05, 0.1) is 18.6 Å². The Labute approximate surface area is 100 Å². The van der Waals surface area contributed by atoms with E-state index in [1.54, 1.807) is 7.11 Å². The number of benzene rings is 1. The van der Waals surface area contributed by atoms with Crippen LogP contribution in [0.2, 0.25) is 0 Å². The zero-order chi connectivity index (χ0) is 11.4. The number of rotatable bonds is 4. The third-order valence-corrected chi connectivity index (χ3v) is 2.92. The average Bonchev–Trinajstić information content (AvgIpc) is 2.76. The van der Waals surface area contributed by atoms with Crippen molar-refractivity contribution >= 4 is 11.6 Å². The zero-order valence-corrected chi connectivity index (χ0v) is 9.94. The van der Waals surface area contributed by atoms with Crippen molar-refractivity contribution in [1.29, 1.82) is 0 Å². The van der Waals surface area contributed by atoms with Gasteiger partial charge in [-0.1, -0.05) is 30.3 Å². The van der Waals surface area contributed by atoms with E-state index < -0.39 is 5.79 Å². The van der Waals surface area contributed by atoms with Crippen LogP contribution in [0.4, 0.5) is 0 Å². The first-order valence-electron chi connectivity index (χ1n) is 5.23. The van der Waals surface area contributed by atoms with Gasteiger partial charge >= 0.3 is 0 Å². The first-order valence-corrected chi connectivity index (χ1v) is 5.76. The molecule has 4 heteroatoms. The minimum absolute atomic E-state index is 0.0722. The number of halogens is 1. The smallest absolute Gasteiger partial charge is 0.219 e. The molecule has 1 saturated heterocycles. The first-order chi connectivity index (χ1) is 7.80. The predicted molar refractivity (Wildman–Crippen MR) is 61.5 cm³/mol. The lowest BCUT2D eigenvalue weighted by atomic mass is 10.1. The van der Waals surface area contributed by atoms with Crippen molar-refractivity contribution in [3.05, 3.63) is 35.9 Å². The summed E-state index contributed by atoms with van der Waals surface area (Å²) in [5, 5.41) is 0. The van der Waals surface area contributed by atoms with Crippen LogP contribution in [0.3, 0.4) is 0 Å². The van der Waals surface area contributed by atoms with Crippen molar-refractivity contribution in [1.82, 2.24) is 0 Å². The average molecular weight is 243 g/mol. The highest BCUT2D eigenvalue weighted by molar-refractivity contribution is 6.18. The van der Waals surface area contributed by atoms with E-state index in [1.807, 2.05) is 30.3 Å². The molecule has 0 saturated carbocycles. The highest BCUT2D eigenvalue weighted by Crippen LogP contribution is 2.34. The van der Waals surface area contributed by atoms with Gasteiger partial charge in [0.25, 0.3) is 0 Å². The maximum atomic E-state index is 5.85. The lowest BCUT2D eigenvalue weighted by Gasteiger charge is -2.27. The molecule has 3 nitrogen and oxygen atoms in total. The third kappa shape index (κ3) is 2.23. The Hall–Kier alpha value is -0.610. The van der Waals surface area contributed by atoms with Crippen molar-refractivity contribution < 1.29 is 14.2 Å². The molecule has 1 aromatic rings. The summed E-state index contributed by atoms with van der Waals surface area (Å²) >= 11 is 5.78. The summed E-state index contributed by atoms with van der Waals surface area (Å²) in [7, 11) is 1.63. The summed E-state index contributed by atoms with van der Waals surface area (Å²) < 4.78 is 16.8. The van der Waals surface area contributed by atoms with Gasteiger partial charge in [0, 0.05) is 12.7 Å². The molecule has 1 fully saturated rings. The molecule has 2 unspecified atom stereocenters. The molecule has 0 bridgehead atoms. The van der Waals surface area contributed by atoms with E-state index in [0.29, 0.717) is 19.1 Å². The zero-order valence-electron chi connectivity index (χ0n) is 9.19. The Morgan fingerprint density at radius 1 is 1.44 bits per heavy atom. The third-order valence-electron chi connectivity index (χ3n) is 2.58. The molecule has 0 aliphatic carbocycles. The van der Waals surface area contributed by atoms with E-state index >= 15 is 0 Å². The lowest BCUT2D eigenvalue weighted by Crippen LogP contribution is -2.33. The van der Waals surface area contributed by atoms with Crippen molar-refractivity contribution in [2.45, 2.75) is 11.9 Å². The van der Waals surface area contributed by atoms with E-state index in [9.17, 15) is 0 Å². The Kier molecular flexibility index (Phi) is 3.82. The van der Waals surface area contributed by atoms with Crippen molar-refractivity contribution in [3.63, 3.8) is 0 Å². The van der Waals surface area contributed by atoms with Gasteiger partial charge < -0.3 is 14.2 Å². The van der Waals surface area contributed by atoms with Gasteiger partial charge in [-0.3, -0.25) is 0 Å². The second kappa shape index (κ2) is 5.15. The minimum atomic E-state index is -0.796. The van der Waals surface area contributed by atoms with Crippen LogP contribution in [-0.2, 0) is 20.0 Å². The normalized spacial score (nSPS) is 29.5. The van der Waals surface area contributed by atoms with Gasteiger partial charge in [-0.25, -0.2) is 0 Å². The Balaban J connectivity index is 2.23. The fourth-order valence-corrected chi connectivity index (χ4v) is 1.99. The summed E-state index contributed by atoms with van der Waals surface area (Å²) in [6.07, 6.45) is -0.0722. The van der Waals surface area contributed by atoms with Crippen LogP contribution < -0.4 is 0 Å². The van der Waals surface area contributed by atoms with Crippen LogP contribution in [0, 0.1) is 0 Å². The molecule has 0 spiro atoms. The highest BCUT2D eigenvalue weighted by Gasteiger charge is 2.43. The summed E-state index contributed by atoms with van der Waals surface area (Å²) in [5.74, 6) is -0.367. The van der Waals surface area contributed by atoms with E-state index in [4.69, 9.17) is 25.8 Å². The Morgan fingerprint density at radius 3 is 2.75 bits per heavy atom. The van der Waals surface area contributed by atoms with Crippen molar-refractivity contribution in [3.8, 4) is 0 Å². The number of hydrogen-bond acceptors (Lipinski definition) is 3. The number of hydrogen-bond donors (Lipinski definition) is 0. The van der Waals surface area contributed by atoms with E-state index in [1.165, 1.54) is 0 Å². The summed E-state index contributed by atoms with van der Waals surface area (Å²) in [6, 6.07) is 9.80. The summed E-state index contributed by atoms with van der Waals surface area (Å²) in [4.78, 5) is 0. The summed E-state index contributed by atoms with van der Waals surface area (Å²) in [5.41, 5.74) is 0.962. The van der Waals surface area contributed by atoms with Crippen LogP contribution in [0.25, 0.3) is 0 Å². The monoisotopic (exact) mass is 242 g/mol.